The van der Waals surface area contributed by atoms with Gasteiger partial charge in [0, 0.05) is 22.5 Å². The molecule has 0 aliphatic heterocycles. The lowest BCUT2D eigenvalue weighted by Crippen LogP contribution is -2.20. The molecule has 106 valence electrons. The lowest BCUT2D eigenvalue weighted by molar-refractivity contribution is 0.147. The standard InChI is InChI=1S/C16H17Cl2NO/c1-10-8-13(18)6-7-14(10)16(20)15(9-19)11-2-4-12(17)5-3-11/h2-8,15-16,20H,9,19H2,1H3. The first-order chi connectivity index (χ1) is 9.52. The summed E-state index contributed by atoms with van der Waals surface area (Å²) in [6.45, 7) is 2.28. The fourth-order valence-corrected chi connectivity index (χ4v) is 2.70. The molecule has 0 heterocycles. The van der Waals surface area contributed by atoms with Crippen LogP contribution in [0.3, 0.4) is 0 Å². The highest BCUT2D eigenvalue weighted by atomic mass is 35.5. The van der Waals surface area contributed by atoms with Crippen LogP contribution in [0.5, 0.6) is 0 Å². The molecule has 2 aromatic rings. The normalized spacial score (nSPS) is 14.1. The second-order valence-electron chi connectivity index (χ2n) is 4.84. The molecular formula is C16H17Cl2NO. The van der Waals surface area contributed by atoms with Gasteiger partial charge in [-0.1, -0.05) is 41.4 Å². The highest BCUT2D eigenvalue weighted by molar-refractivity contribution is 6.30. The molecule has 0 spiro atoms. The molecule has 2 unspecified atom stereocenters. The maximum atomic E-state index is 10.6. The van der Waals surface area contributed by atoms with Crippen LogP contribution >= 0.6 is 23.2 Å². The number of hydrogen-bond donors (Lipinski definition) is 2. The summed E-state index contributed by atoms with van der Waals surface area (Å²) in [7, 11) is 0. The Bertz CT molecular complexity index is 584. The van der Waals surface area contributed by atoms with Gasteiger partial charge in [-0.2, -0.15) is 0 Å². The van der Waals surface area contributed by atoms with E-state index >= 15 is 0 Å². The van der Waals surface area contributed by atoms with Crippen molar-refractivity contribution in [2.75, 3.05) is 6.54 Å². The quantitative estimate of drug-likeness (QED) is 0.894. The van der Waals surface area contributed by atoms with E-state index in [1.54, 1.807) is 18.2 Å². The first-order valence-electron chi connectivity index (χ1n) is 6.42. The van der Waals surface area contributed by atoms with Crippen LogP contribution in [0, 0.1) is 6.92 Å². The summed E-state index contributed by atoms with van der Waals surface area (Å²) < 4.78 is 0. The molecule has 2 nitrogen and oxygen atoms in total. The van der Waals surface area contributed by atoms with Crippen molar-refractivity contribution in [1.82, 2.24) is 0 Å². The number of rotatable bonds is 4. The van der Waals surface area contributed by atoms with E-state index in [0.717, 1.165) is 16.7 Å². The van der Waals surface area contributed by atoms with Crippen LogP contribution in [0.25, 0.3) is 0 Å². The monoisotopic (exact) mass is 309 g/mol. The van der Waals surface area contributed by atoms with Crippen molar-refractivity contribution in [1.29, 1.82) is 0 Å². The number of nitrogens with two attached hydrogens (primary N) is 1. The largest absolute Gasteiger partial charge is 0.388 e. The number of aliphatic hydroxyl groups excluding tert-OH is 1. The molecule has 0 saturated heterocycles. The average Bonchev–Trinajstić information content (AvgIpc) is 2.41. The van der Waals surface area contributed by atoms with Crippen LogP contribution in [0.15, 0.2) is 42.5 Å². The van der Waals surface area contributed by atoms with Crippen LogP contribution < -0.4 is 5.73 Å². The van der Waals surface area contributed by atoms with Gasteiger partial charge in [-0.3, -0.25) is 0 Å². The second-order valence-corrected chi connectivity index (χ2v) is 5.71. The van der Waals surface area contributed by atoms with Gasteiger partial charge in [0.1, 0.15) is 0 Å². The maximum Gasteiger partial charge on any atom is 0.0873 e. The lowest BCUT2D eigenvalue weighted by Gasteiger charge is -2.24. The molecule has 4 heteroatoms. The summed E-state index contributed by atoms with van der Waals surface area (Å²) in [4.78, 5) is 0. The first kappa shape index (κ1) is 15.3. The first-order valence-corrected chi connectivity index (χ1v) is 7.18. The Morgan fingerprint density at radius 3 is 2.20 bits per heavy atom. The van der Waals surface area contributed by atoms with Gasteiger partial charge in [-0.05, 0) is 47.9 Å². The van der Waals surface area contributed by atoms with E-state index in [0.29, 0.717) is 16.6 Å². The molecule has 3 N–H and O–H groups in total. The van der Waals surface area contributed by atoms with Crippen molar-refractivity contribution < 1.29 is 5.11 Å². The highest BCUT2D eigenvalue weighted by Crippen LogP contribution is 2.33. The van der Waals surface area contributed by atoms with Gasteiger partial charge < -0.3 is 10.8 Å². The molecule has 0 fully saturated rings. The Kier molecular flexibility index (Phi) is 5.06. The second kappa shape index (κ2) is 6.59. The van der Waals surface area contributed by atoms with Crippen molar-refractivity contribution in [2.24, 2.45) is 5.73 Å². The van der Waals surface area contributed by atoms with E-state index in [1.165, 1.54) is 0 Å². The van der Waals surface area contributed by atoms with E-state index < -0.39 is 6.10 Å². The van der Waals surface area contributed by atoms with Crippen LogP contribution in [0.2, 0.25) is 10.0 Å². The summed E-state index contributed by atoms with van der Waals surface area (Å²) in [6, 6.07) is 12.9. The van der Waals surface area contributed by atoms with E-state index in [2.05, 4.69) is 0 Å². The van der Waals surface area contributed by atoms with Gasteiger partial charge in [0.25, 0.3) is 0 Å². The molecule has 0 aliphatic carbocycles. The topological polar surface area (TPSA) is 46.2 Å². The SMILES string of the molecule is Cc1cc(Cl)ccc1C(O)C(CN)c1ccc(Cl)cc1. The number of hydrogen-bond acceptors (Lipinski definition) is 2. The Morgan fingerprint density at radius 2 is 1.65 bits per heavy atom. The molecule has 0 bridgehead atoms. The molecule has 0 radical (unpaired) electrons. The Labute approximate surface area is 129 Å². The predicted octanol–water partition coefficient (Wildman–Crippen LogP) is 4.08. The molecule has 20 heavy (non-hydrogen) atoms. The molecule has 2 aromatic carbocycles. The van der Waals surface area contributed by atoms with Crippen molar-refractivity contribution in [2.45, 2.75) is 18.9 Å². The fourth-order valence-electron chi connectivity index (χ4n) is 2.34. The maximum absolute atomic E-state index is 10.6. The predicted molar refractivity (Wildman–Crippen MR) is 84.4 cm³/mol. The molecule has 2 atom stereocenters. The van der Waals surface area contributed by atoms with Crippen LogP contribution in [-0.2, 0) is 0 Å². The van der Waals surface area contributed by atoms with Gasteiger partial charge in [-0.25, -0.2) is 0 Å². The number of aliphatic hydroxyl groups is 1. The van der Waals surface area contributed by atoms with Crippen molar-refractivity contribution >= 4 is 23.2 Å². The van der Waals surface area contributed by atoms with E-state index in [-0.39, 0.29) is 5.92 Å². The van der Waals surface area contributed by atoms with Gasteiger partial charge in [0.05, 0.1) is 6.10 Å². The van der Waals surface area contributed by atoms with E-state index in [4.69, 9.17) is 28.9 Å². The number of halogens is 2. The molecular weight excluding hydrogens is 293 g/mol. The van der Waals surface area contributed by atoms with E-state index in [1.807, 2.05) is 31.2 Å². The lowest BCUT2D eigenvalue weighted by atomic mass is 9.87. The molecule has 0 aliphatic rings. The van der Waals surface area contributed by atoms with Crippen molar-refractivity contribution in [3.05, 3.63) is 69.2 Å². The molecule has 2 rings (SSSR count). The zero-order chi connectivity index (χ0) is 14.7. The summed E-state index contributed by atoms with van der Waals surface area (Å²) >= 11 is 11.8. The zero-order valence-corrected chi connectivity index (χ0v) is 12.7. The summed E-state index contributed by atoms with van der Waals surface area (Å²) in [5, 5.41) is 11.9. The molecule has 0 aromatic heterocycles. The third-order valence-corrected chi connectivity index (χ3v) is 3.97. The summed E-state index contributed by atoms with van der Waals surface area (Å²) in [5.41, 5.74) is 8.62. The summed E-state index contributed by atoms with van der Waals surface area (Å²) in [5.74, 6) is -0.174. The Morgan fingerprint density at radius 1 is 1.05 bits per heavy atom. The fraction of sp³-hybridized carbons (Fsp3) is 0.250. The third-order valence-electron chi connectivity index (χ3n) is 3.48. The minimum absolute atomic E-state index is 0.174. The summed E-state index contributed by atoms with van der Waals surface area (Å²) in [6.07, 6.45) is -0.668. The smallest absolute Gasteiger partial charge is 0.0873 e. The third kappa shape index (κ3) is 3.33. The van der Waals surface area contributed by atoms with Gasteiger partial charge in [0.15, 0.2) is 0 Å². The van der Waals surface area contributed by atoms with Crippen LogP contribution in [0.1, 0.15) is 28.7 Å². The van der Waals surface area contributed by atoms with Crippen LogP contribution in [-0.4, -0.2) is 11.7 Å². The number of aryl methyl sites for hydroxylation is 1. The van der Waals surface area contributed by atoms with Gasteiger partial charge >= 0.3 is 0 Å². The van der Waals surface area contributed by atoms with Gasteiger partial charge in [-0.15, -0.1) is 0 Å². The Hall–Kier alpha value is -1.06. The van der Waals surface area contributed by atoms with Crippen molar-refractivity contribution in [3.63, 3.8) is 0 Å². The average molecular weight is 310 g/mol. The van der Waals surface area contributed by atoms with E-state index in [9.17, 15) is 5.11 Å². The Balaban J connectivity index is 2.33. The minimum Gasteiger partial charge on any atom is -0.388 e. The molecule has 0 amide bonds. The molecule has 0 saturated carbocycles. The van der Waals surface area contributed by atoms with Crippen LogP contribution in [0.4, 0.5) is 0 Å². The number of benzene rings is 2. The highest BCUT2D eigenvalue weighted by Gasteiger charge is 2.22. The zero-order valence-electron chi connectivity index (χ0n) is 11.2. The van der Waals surface area contributed by atoms with Crippen molar-refractivity contribution in [3.8, 4) is 0 Å². The minimum atomic E-state index is -0.668. The van der Waals surface area contributed by atoms with Gasteiger partial charge in [0.2, 0.25) is 0 Å².